The number of amides is 1. The Hall–Kier alpha value is -2.74. The Bertz CT molecular complexity index is 757. The molecule has 0 unspecified atom stereocenters. The summed E-state index contributed by atoms with van der Waals surface area (Å²) in [6.07, 6.45) is 4.47. The largest absolute Gasteiger partial charge is 0.445 e. The number of halogens is 1. The summed E-state index contributed by atoms with van der Waals surface area (Å²) in [5.74, 6) is -0.0205. The van der Waals surface area contributed by atoms with Crippen molar-refractivity contribution in [1.29, 1.82) is 0 Å². The lowest BCUT2D eigenvalue weighted by molar-refractivity contribution is 0.251. The Morgan fingerprint density at radius 3 is 3.05 bits per heavy atom. The van der Waals surface area contributed by atoms with E-state index >= 15 is 0 Å². The molecule has 106 valence electrons. The van der Waals surface area contributed by atoms with Gasteiger partial charge in [-0.25, -0.2) is 14.2 Å². The molecule has 1 aromatic carbocycles. The van der Waals surface area contributed by atoms with Gasteiger partial charge in [-0.05, 0) is 18.2 Å². The monoisotopic (exact) mass is 304 g/mol. The van der Waals surface area contributed by atoms with E-state index in [0.717, 1.165) is 16.0 Å². The van der Waals surface area contributed by atoms with Gasteiger partial charge in [0.15, 0.2) is 5.13 Å². The summed E-state index contributed by atoms with van der Waals surface area (Å²) in [5, 5.41) is 7.19. The molecule has 8 heteroatoms. The first kappa shape index (κ1) is 13.3. The molecule has 0 radical (unpaired) electrons. The van der Waals surface area contributed by atoms with Crippen LogP contribution in [-0.2, 0) is 0 Å². The second-order valence-electron chi connectivity index (χ2n) is 3.92. The molecule has 0 aliphatic rings. The fourth-order valence-electron chi connectivity index (χ4n) is 1.55. The Morgan fingerprint density at radius 1 is 1.38 bits per heavy atom. The third-order valence-corrected chi connectivity index (χ3v) is 3.22. The first-order valence-corrected chi connectivity index (χ1v) is 6.72. The van der Waals surface area contributed by atoms with Gasteiger partial charge in [-0.2, -0.15) is 9.78 Å². The highest BCUT2D eigenvalue weighted by molar-refractivity contribution is 7.17. The third-order valence-electron chi connectivity index (χ3n) is 2.43. The van der Waals surface area contributed by atoms with Gasteiger partial charge in [-0.15, -0.1) is 0 Å². The minimum Gasteiger partial charge on any atom is -0.445 e. The van der Waals surface area contributed by atoms with Gasteiger partial charge in [0.2, 0.25) is 5.06 Å². The number of carbonyl (C=O) groups is 1. The summed E-state index contributed by atoms with van der Waals surface area (Å²) in [6, 6.07) is 6.99. The Morgan fingerprint density at radius 2 is 2.29 bits per heavy atom. The number of nitrogens with zero attached hydrogens (tertiary/aromatic N) is 3. The molecular formula is C13H9FN4O2S. The van der Waals surface area contributed by atoms with Crippen LogP contribution in [0.1, 0.15) is 0 Å². The zero-order valence-corrected chi connectivity index (χ0v) is 11.4. The van der Waals surface area contributed by atoms with Gasteiger partial charge >= 0.3 is 6.03 Å². The number of anilines is 1. The van der Waals surface area contributed by atoms with E-state index in [2.05, 4.69) is 15.4 Å². The van der Waals surface area contributed by atoms with Crippen LogP contribution in [0.5, 0.6) is 10.8 Å². The van der Waals surface area contributed by atoms with E-state index in [0.29, 0.717) is 15.9 Å². The van der Waals surface area contributed by atoms with Gasteiger partial charge in [-0.3, -0.25) is 5.32 Å². The van der Waals surface area contributed by atoms with Crippen LogP contribution in [0, 0.1) is 5.82 Å². The SMILES string of the molecule is O=C(Nc1ncc(Oc2cccc(F)c2)s1)n1cccn1. The molecule has 2 heterocycles. The Balaban J connectivity index is 1.68. The van der Waals surface area contributed by atoms with E-state index in [1.165, 1.54) is 30.7 Å². The van der Waals surface area contributed by atoms with Crippen molar-refractivity contribution in [2.45, 2.75) is 0 Å². The highest BCUT2D eigenvalue weighted by Crippen LogP contribution is 2.30. The molecule has 1 amide bonds. The molecule has 0 spiro atoms. The predicted molar refractivity (Wildman–Crippen MR) is 75.2 cm³/mol. The van der Waals surface area contributed by atoms with Gasteiger partial charge in [0.1, 0.15) is 11.6 Å². The van der Waals surface area contributed by atoms with Crippen molar-refractivity contribution in [3.63, 3.8) is 0 Å². The minimum atomic E-state index is -0.424. The Kier molecular flexibility index (Phi) is 3.61. The van der Waals surface area contributed by atoms with E-state index < -0.39 is 6.03 Å². The molecule has 3 rings (SSSR count). The summed E-state index contributed by atoms with van der Waals surface area (Å²) in [4.78, 5) is 15.8. The van der Waals surface area contributed by atoms with Crippen molar-refractivity contribution in [3.8, 4) is 10.8 Å². The molecule has 1 N–H and O–H groups in total. The van der Waals surface area contributed by atoms with Gasteiger partial charge in [0.05, 0.1) is 6.20 Å². The molecule has 0 saturated heterocycles. The second-order valence-corrected chi connectivity index (χ2v) is 4.92. The van der Waals surface area contributed by atoms with Crippen molar-refractivity contribution >= 4 is 22.5 Å². The number of hydrogen-bond donors (Lipinski definition) is 1. The maximum atomic E-state index is 13.0. The first-order valence-electron chi connectivity index (χ1n) is 5.91. The molecule has 0 aliphatic heterocycles. The molecule has 0 aliphatic carbocycles. The number of carbonyl (C=O) groups excluding carboxylic acids is 1. The lowest BCUT2D eigenvalue weighted by Crippen LogP contribution is -2.19. The Labute approximate surface area is 122 Å². The van der Waals surface area contributed by atoms with E-state index in [-0.39, 0.29) is 5.82 Å². The average molecular weight is 304 g/mol. The molecule has 0 bridgehead atoms. The predicted octanol–water partition coefficient (Wildman–Crippen LogP) is 3.35. The summed E-state index contributed by atoms with van der Waals surface area (Å²) in [7, 11) is 0. The van der Waals surface area contributed by atoms with Crippen LogP contribution in [0.3, 0.4) is 0 Å². The van der Waals surface area contributed by atoms with E-state index in [9.17, 15) is 9.18 Å². The molecule has 6 nitrogen and oxygen atoms in total. The van der Waals surface area contributed by atoms with Crippen LogP contribution in [0.2, 0.25) is 0 Å². The smallest absolute Gasteiger partial charge is 0.348 e. The first-order chi connectivity index (χ1) is 10.2. The van der Waals surface area contributed by atoms with Crippen molar-refractivity contribution in [2.75, 3.05) is 5.32 Å². The van der Waals surface area contributed by atoms with Crippen molar-refractivity contribution in [3.05, 3.63) is 54.7 Å². The quantitative estimate of drug-likeness (QED) is 0.805. The van der Waals surface area contributed by atoms with E-state index in [4.69, 9.17) is 4.74 Å². The summed E-state index contributed by atoms with van der Waals surface area (Å²) < 4.78 is 19.6. The van der Waals surface area contributed by atoms with Crippen LogP contribution >= 0.6 is 11.3 Å². The van der Waals surface area contributed by atoms with Crippen LogP contribution in [-0.4, -0.2) is 20.8 Å². The van der Waals surface area contributed by atoms with Crippen molar-refractivity contribution in [2.24, 2.45) is 0 Å². The molecule has 0 saturated carbocycles. The average Bonchev–Trinajstić information content (AvgIpc) is 3.10. The van der Waals surface area contributed by atoms with E-state index in [1.54, 1.807) is 18.2 Å². The summed E-state index contributed by atoms with van der Waals surface area (Å²) in [5.41, 5.74) is 0. The van der Waals surface area contributed by atoms with Crippen molar-refractivity contribution in [1.82, 2.24) is 14.8 Å². The summed E-state index contributed by atoms with van der Waals surface area (Å²) >= 11 is 1.13. The molecule has 0 fully saturated rings. The molecule has 21 heavy (non-hydrogen) atoms. The molecular weight excluding hydrogens is 295 g/mol. The number of benzene rings is 1. The molecule has 3 aromatic rings. The highest BCUT2D eigenvalue weighted by atomic mass is 32.1. The maximum Gasteiger partial charge on any atom is 0.348 e. The normalized spacial score (nSPS) is 10.3. The van der Waals surface area contributed by atoms with E-state index in [1.807, 2.05) is 0 Å². The van der Waals surface area contributed by atoms with Crippen LogP contribution in [0.25, 0.3) is 0 Å². The second kappa shape index (κ2) is 5.71. The maximum absolute atomic E-state index is 13.0. The minimum absolute atomic E-state index is 0.363. The van der Waals surface area contributed by atoms with Gasteiger partial charge in [0, 0.05) is 18.5 Å². The van der Waals surface area contributed by atoms with Crippen LogP contribution in [0.4, 0.5) is 14.3 Å². The lowest BCUT2D eigenvalue weighted by atomic mass is 10.3. The number of aromatic nitrogens is 3. The number of hydrogen-bond acceptors (Lipinski definition) is 5. The topological polar surface area (TPSA) is 69.0 Å². The number of ether oxygens (including phenoxy) is 1. The third kappa shape index (κ3) is 3.23. The molecule has 2 aromatic heterocycles. The number of rotatable bonds is 3. The van der Waals surface area contributed by atoms with Crippen molar-refractivity contribution < 1.29 is 13.9 Å². The standard InChI is InChI=1S/C13H9FN4O2S/c14-9-3-1-4-10(7-9)20-11-8-15-12(21-11)17-13(19)18-6-2-5-16-18/h1-8H,(H,15,17,19). The molecule has 0 atom stereocenters. The van der Waals surface area contributed by atoms with Gasteiger partial charge < -0.3 is 4.74 Å². The van der Waals surface area contributed by atoms with Crippen LogP contribution in [0.15, 0.2) is 48.9 Å². The van der Waals surface area contributed by atoms with Crippen LogP contribution < -0.4 is 10.1 Å². The van der Waals surface area contributed by atoms with Gasteiger partial charge in [0.25, 0.3) is 0 Å². The zero-order valence-electron chi connectivity index (χ0n) is 10.6. The zero-order chi connectivity index (χ0) is 14.7. The van der Waals surface area contributed by atoms with Gasteiger partial charge in [-0.1, -0.05) is 17.4 Å². The lowest BCUT2D eigenvalue weighted by Gasteiger charge is -2.01. The fourth-order valence-corrected chi connectivity index (χ4v) is 2.23. The summed E-state index contributed by atoms with van der Waals surface area (Å²) in [6.45, 7) is 0. The number of nitrogens with one attached hydrogen (secondary N) is 1. The number of thiazole rings is 1. The fraction of sp³-hybridized carbons (Fsp3) is 0. The highest BCUT2D eigenvalue weighted by Gasteiger charge is 2.09.